The molecule has 252 valence electrons. The molecule has 2 aromatic carbocycles. The van der Waals surface area contributed by atoms with E-state index in [2.05, 4.69) is 31.9 Å². The monoisotopic (exact) mass is 666 g/mol. The van der Waals surface area contributed by atoms with Gasteiger partial charge in [0, 0.05) is 53.7 Å². The first-order chi connectivity index (χ1) is 22.7. The average molecular weight is 667 g/mol. The molecular weight excluding hydrogens is 624 g/mol. The lowest BCUT2D eigenvalue weighted by atomic mass is 10.0. The number of carbonyl (C=O) groups is 6. The predicted molar refractivity (Wildman–Crippen MR) is 177 cm³/mol. The van der Waals surface area contributed by atoms with E-state index in [1.54, 1.807) is 36.4 Å². The van der Waals surface area contributed by atoms with Crippen molar-refractivity contribution in [3.8, 4) is 0 Å². The van der Waals surface area contributed by atoms with Gasteiger partial charge in [-0.15, -0.1) is 0 Å². The maximum absolute atomic E-state index is 13.0. The van der Waals surface area contributed by atoms with Crippen LogP contribution in [0.15, 0.2) is 54.6 Å². The van der Waals surface area contributed by atoms with E-state index in [-0.39, 0.29) is 61.4 Å². The Balaban J connectivity index is 1.19. The lowest BCUT2D eigenvalue weighted by molar-refractivity contribution is -0.124. The molecule has 6 amide bonds. The zero-order chi connectivity index (χ0) is 33.6. The predicted octanol–water partition coefficient (Wildman–Crippen LogP) is 2.41. The summed E-state index contributed by atoms with van der Waals surface area (Å²) in [6.45, 7) is 0.613. The van der Waals surface area contributed by atoms with E-state index in [0.29, 0.717) is 35.6 Å². The molecule has 2 aromatic rings. The van der Waals surface area contributed by atoms with Gasteiger partial charge in [-0.3, -0.25) is 19.2 Å². The second-order valence-electron chi connectivity index (χ2n) is 11.5. The topological polar surface area (TPSA) is 195 Å². The molecule has 2 aliphatic heterocycles. The van der Waals surface area contributed by atoms with Crippen LogP contribution >= 0.6 is 11.8 Å². The summed E-state index contributed by atoms with van der Waals surface area (Å²) in [5.74, 6) is -0.292. The second-order valence-corrected chi connectivity index (χ2v) is 12.8. The smallest absolute Gasteiger partial charge is 0.404 e. The Morgan fingerprint density at radius 2 is 1.51 bits per heavy atom. The minimum atomic E-state index is -1.13. The lowest BCUT2D eigenvalue weighted by Gasteiger charge is -2.19. The fraction of sp³-hybridized carbons (Fsp3) is 0.455. The van der Waals surface area contributed by atoms with E-state index in [4.69, 9.17) is 5.11 Å². The van der Waals surface area contributed by atoms with Crippen molar-refractivity contribution in [2.24, 2.45) is 0 Å². The van der Waals surface area contributed by atoms with Gasteiger partial charge in [0.05, 0.1) is 12.1 Å². The van der Waals surface area contributed by atoms with Gasteiger partial charge in [0.2, 0.25) is 11.8 Å². The number of benzene rings is 2. The minimum absolute atomic E-state index is 0.110. The number of fused-ring (bicyclic) bond motifs is 1. The number of rotatable bonds is 18. The number of urea groups is 1. The number of hydrogen-bond acceptors (Lipinski definition) is 7. The van der Waals surface area contributed by atoms with Gasteiger partial charge in [0.25, 0.3) is 5.91 Å². The first kappa shape index (κ1) is 35.3. The maximum Gasteiger partial charge on any atom is 0.404 e. The minimum Gasteiger partial charge on any atom is -0.465 e. The molecule has 0 bridgehead atoms. The van der Waals surface area contributed by atoms with Crippen LogP contribution in [0.1, 0.15) is 71.2 Å². The van der Waals surface area contributed by atoms with E-state index in [9.17, 15) is 28.8 Å². The molecule has 2 fully saturated rings. The highest BCUT2D eigenvalue weighted by molar-refractivity contribution is 8.00. The summed E-state index contributed by atoms with van der Waals surface area (Å²) in [6, 6.07) is 14.3. The second kappa shape index (κ2) is 17.9. The molecule has 0 aromatic heterocycles. The van der Waals surface area contributed by atoms with Gasteiger partial charge >= 0.3 is 12.1 Å². The SMILES string of the molecule is O=C(O)NCCCCC(NC(=O)c1ccc(C(=O)c2ccccc2)cc1)C(=O)NCCNC(=O)CCCCC1SCC2NC(=O)NC21. The van der Waals surface area contributed by atoms with Gasteiger partial charge in [-0.25, -0.2) is 9.59 Å². The third kappa shape index (κ3) is 11.0. The van der Waals surface area contributed by atoms with Crippen molar-refractivity contribution in [1.82, 2.24) is 31.9 Å². The Bertz CT molecular complexity index is 1410. The Morgan fingerprint density at radius 3 is 2.26 bits per heavy atom. The summed E-state index contributed by atoms with van der Waals surface area (Å²) in [4.78, 5) is 73.4. The molecule has 0 saturated carbocycles. The first-order valence-electron chi connectivity index (χ1n) is 15.9. The highest BCUT2D eigenvalue weighted by atomic mass is 32.2. The number of hydrogen-bond donors (Lipinski definition) is 7. The molecule has 4 atom stereocenters. The van der Waals surface area contributed by atoms with Crippen LogP contribution in [0, 0.1) is 0 Å². The zero-order valence-electron chi connectivity index (χ0n) is 26.1. The molecule has 2 aliphatic rings. The van der Waals surface area contributed by atoms with E-state index in [0.717, 1.165) is 25.0 Å². The van der Waals surface area contributed by atoms with Crippen LogP contribution in [-0.4, -0.2) is 89.5 Å². The molecule has 2 saturated heterocycles. The maximum atomic E-state index is 13.0. The Morgan fingerprint density at radius 1 is 0.809 bits per heavy atom. The summed E-state index contributed by atoms with van der Waals surface area (Å²) >= 11 is 1.85. The van der Waals surface area contributed by atoms with Crippen molar-refractivity contribution in [2.75, 3.05) is 25.4 Å². The van der Waals surface area contributed by atoms with E-state index >= 15 is 0 Å². The third-order valence-corrected chi connectivity index (χ3v) is 9.60. The van der Waals surface area contributed by atoms with Gasteiger partial charge in [-0.2, -0.15) is 11.8 Å². The van der Waals surface area contributed by atoms with Crippen LogP contribution in [0.25, 0.3) is 0 Å². The third-order valence-electron chi connectivity index (χ3n) is 8.09. The molecule has 14 heteroatoms. The number of unbranched alkanes of at least 4 members (excludes halogenated alkanes) is 2. The molecule has 4 rings (SSSR count). The van der Waals surface area contributed by atoms with Gasteiger partial charge in [0.15, 0.2) is 5.78 Å². The molecule has 0 spiro atoms. The standard InChI is InChI=1S/C33H42N6O7S/c40-27(12-5-4-11-26-28-25(20-47-26)38-32(44)39-28)34-18-19-35-31(43)24(10-6-7-17-36-33(45)46)37-30(42)23-15-13-22(14-16-23)29(41)21-8-2-1-3-9-21/h1-3,8-9,13-16,24-26,28,36H,4-7,10-12,17-20H2,(H,34,40)(H,35,43)(H,37,42)(H,45,46)(H2,38,39,44). The molecular formula is C33H42N6O7S. The van der Waals surface area contributed by atoms with Crippen LogP contribution < -0.4 is 31.9 Å². The molecule has 7 N–H and O–H groups in total. The molecule has 47 heavy (non-hydrogen) atoms. The van der Waals surface area contributed by atoms with Crippen LogP contribution in [0.3, 0.4) is 0 Å². The summed E-state index contributed by atoms with van der Waals surface area (Å²) in [7, 11) is 0. The number of nitrogens with one attached hydrogen (secondary N) is 6. The largest absolute Gasteiger partial charge is 0.465 e. The summed E-state index contributed by atoms with van der Waals surface area (Å²) < 4.78 is 0. The van der Waals surface area contributed by atoms with Crippen LogP contribution in [0.4, 0.5) is 9.59 Å². The Kier molecular flexibility index (Phi) is 13.5. The van der Waals surface area contributed by atoms with Crippen LogP contribution in [0.5, 0.6) is 0 Å². The molecule has 0 radical (unpaired) electrons. The molecule has 4 unspecified atom stereocenters. The number of ketones is 1. The van der Waals surface area contributed by atoms with Gasteiger partial charge in [0.1, 0.15) is 6.04 Å². The Hall–Kier alpha value is -4.59. The van der Waals surface area contributed by atoms with Crippen molar-refractivity contribution in [3.63, 3.8) is 0 Å². The Labute approximate surface area is 277 Å². The van der Waals surface area contributed by atoms with Crippen molar-refractivity contribution in [1.29, 1.82) is 0 Å². The van der Waals surface area contributed by atoms with Crippen molar-refractivity contribution in [2.45, 2.75) is 68.3 Å². The van der Waals surface area contributed by atoms with E-state index in [1.807, 2.05) is 17.8 Å². The number of carbonyl (C=O) groups excluding carboxylic acids is 5. The van der Waals surface area contributed by atoms with Crippen LogP contribution in [0.2, 0.25) is 0 Å². The zero-order valence-corrected chi connectivity index (χ0v) is 26.9. The van der Waals surface area contributed by atoms with Crippen molar-refractivity contribution in [3.05, 3.63) is 71.3 Å². The fourth-order valence-electron chi connectivity index (χ4n) is 5.58. The highest BCUT2D eigenvalue weighted by Crippen LogP contribution is 2.33. The molecule has 0 aliphatic carbocycles. The first-order valence-corrected chi connectivity index (χ1v) is 17.0. The number of thioether (sulfide) groups is 1. The molecule has 13 nitrogen and oxygen atoms in total. The van der Waals surface area contributed by atoms with Gasteiger partial charge in [-0.05, 0) is 44.2 Å². The van der Waals surface area contributed by atoms with Crippen molar-refractivity contribution >= 4 is 47.4 Å². The van der Waals surface area contributed by atoms with E-state index in [1.165, 1.54) is 12.1 Å². The average Bonchev–Trinajstić information content (AvgIpc) is 3.63. The summed E-state index contributed by atoms with van der Waals surface area (Å²) in [6.07, 6.45) is 2.97. The van der Waals surface area contributed by atoms with Crippen LogP contribution in [-0.2, 0) is 9.59 Å². The normalized spacial score (nSPS) is 18.6. The highest BCUT2D eigenvalue weighted by Gasteiger charge is 2.42. The van der Waals surface area contributed by atoms with E-state index < -0.39 is 23.9 Å². The summed E-state index contributed by atoms with van der Waals surface area (Å²) in [5.41, 5.74) is 1.24. The van der Waals surface area contributed by atoms with Gasteiger partial charge < -0.3 is 37.0 Å². The fourth-order valence-corrected chi connectivity index (χ4v) is 7.13. The molecule has 2 heterocycles. The quantitative estimate of drug-likeness (QED) is 0.0716. The summed E-state index contributed by atoms with van der Waals surface area (Å²) in [5, 5.41) is 25.6. The lowest BCUT2D eigenvalue weighted by Crippen LogP contribution is -2.48. The van der Waals surface area contributed by atoms with Gasteiger partial charge in [-0.1, -0.05) is 48.9 Å². The number of amides is 6. The van der Waals surface area contributed by atoms with Crippen molar-refractivity contribution < 1.29 is 33.9 Å². The number of carboxylic acid groups (broad SMARTS) is 1.